The SMILES string of the molecule is CC(C)Cc1ccc(C(=O)C2CCN(C(=O)c3cn[nH]c3)CC2)cc1. The summed E-state index contributed by atoms with van der Waals surface area (Å²) in [5, 5.41) is 6.48. The Balaban J connectivity index is 1.57. The quantitative estimate of drug-likeness (QED) is 0.850. The van der Waals surface area contributed by atoms with Crippen LogP contribution in [0.4, 0.5) is 0 Å². The molecular weight excluding hydrogens is 314 g/mol. The van der Waals surface area contributed by atoms with Crippen molar-refractivity contribution in [3.8, 4) is 0 Å². The fraction of sp³-hybridized carbons (Fsp3) is 0.450. The number of H-pyrrole nitrogens is 1. The van der Waals surface area contributed by atoms with Crippen LogP contribution >= 0.6 is 0 Å². The lowest BCUT2D eigenvalue weighted by Gasteiger charge is -2.31. The second-order valence-corrected chi connectivity index (χ2v) is 7.21. The van der Waals surface area contributed by atoms with Crippen molar-refractivity contribution in [3.63, 3.8) is 0 Å². The summed E-state index contributed by atoms with van der Waals surface area (Å²) < 4.78 is 0. The molecule has 0 radical (unpaired) electrons. The van der Waals surface area contributed by atoms with Crippen LogP contribution in [0.5, 0.6) is 0 Å². The molecule has 1 amide bonds. The van der Waals surface area contributed by atoms with Crippen LogP contribution in [-0.2, 0) is 6.42 Å². The van der Waals surface area contributed by atoms with Crippen LogP contribution in [0.1, 0.15) is 53.0 Å². The molecule has 132 valence electrons. The molecule has 0 saturated carbocycles. The van der Waals surface area contributed by atoms with E-state index in [4.69, 9.17) is 0 Å². The van der Waals surface area contributed by atoms with Crippen molar-refractivity contribution >= 4 is 11.7 Å². The Bertz CT molecular complexity index is 712. The second kappa shape index (κ2) is 7.64. The molecule has 25 heavy (non-hydrogen) atoms. The Labute approximate surface area is 148 Å². The van der Waals surface area contributed by atoms with E-state index in [0.29, 0.717) is 24.6 Å². The minimum atomic E-state index is -0.0160. The van der Waals surface area contributed by atoms with Gasteiger partial charge in [0.05, 0.1) is 11.8 Å². The van der Waals surface area contributed by atoms with Gasteiger partial charge in [0.25, 0.3) is 5.91 Å². The van der Waals surface area contributed by atoms with Gasteiger partial charge in [0.15, 0.2) is 5.78 Å². The zero-order valence-corrected chi connectivity index (χ0v) is 14.9. The first kappa shape index (κ1) is 17.4. The lowest BCUT2D eigenvalue weighted by Crippen LogP contribution is -2.40. The van der Waals surface area contributed by atoms with Gasteiger partial charge in [0.2, 0.25) is 0 Å². The molecule has 0 spiro atoms. The van der Waals surface area contributed by atoms with Crippen LogP contribution in [0.3, 0.4) is 0 Å². The molecule has 1 saturated heterocycles. The van der Waals surface area contributed by atoms with Gasteiger partial charge in [-0.15, -0.1) is 0 Å². The number of aromatic nitrogens is 2. The van der Waals surface area contributed by atoms with Gasteiger partial charge in [-0.3, -0.25) is 14.7 Å². The third-order valence-electron chi connectivity index (χ3n) is 4.78. The molecule has 5 nitrogen and oxygen atoms in total. The number of nitrogens with one attached hydrogen (secondary N) is 1. The topological polar surface area (TPSA) is 66.1 Å². The number of carbonyl (C=O) groups is 2. The molecule has 1 aromatic carbocycles. The molecule has 1 aromatic heterocycles. The summed E-state index contributed by atoms with van der Waals surface area (Å²) >= 11 is 0. The molecule has 5 heteroatoms. The number of hydrogen-bond acceptors (Lipinski definition) is 3. The van der Waals surface area contributed by atoms with Gasteiger partial charge in [-0.2, -0.15) is 5.10 Å². The summed E-state index contributed by atoms with van der Waals surface area (Å²) in [7, 11) is 0. The number of ketones is 1. The van der Waals surface area contributed by atoms with Gasteiger partial charge in [0, 0.05) is 30.8 Å². The van der Waals surface area contributed by atoms with Gasteiger partial charge in [-0.05, 0) is 30.7 Å². The van der Waals surface area contributed by atoms with Gasteiger partial charge in [-0.25, -0.2) is 0 Å². The summed E-state index contributed by atoms with van der Waals surface area (Å²) in [5.74, 6) is 0.798. The van der Waals surface area contributed by atoms with Crippen LogP contribution < -0.4 is 0 Å². The van der Waals surface area contributed by atoms with Crippen molar-refractivity contribution in [2.24, 2.45) is 11.8 Å². The predicted octanol–water partition coefficient (Wildman–Crippen LogP) is 3.34. The molecule has 1 N–H and O–H groups in total. The fourth-order valence-corrected chi connectivity index (χ4v) is 3.41. The maximum absolute atomic E-state index is 12.7. The van der Waals surface area contributed by atoms with E-state index in [1.807, 2.05) is 12.1 Å². The summed E-state index contributed by atoms with van der Waals surface area (Å²) in [5.41, 5.74) is 2.63. The van der Waals surface area contributed by atoms with E-state index in [2.05, 4.69) is 36.2 Å². The van der Waals surface area contributed by atoms with E-state index < -0.39 is 0 Å². The number of carbonyl (C=O) groups excluding carboxylic acids is 2. The zero-order valence-electron chi connectivity index (χ0n) is 14.9. The summed E-state index contributed by atoms with van der Waals surface area (Å²) in [4.78, 5) is 26.8. The van der Waals surface area contributed by atoms with Gasteiger partial charge in [0.1, 0.15) is 0 Å². The summed E-state index contributed by atoms with van der Waals surface area (Å²) in [6, 6.07) is 8.02. The van der Waals surface area contributed by atoms with Gasteiger partial charge in [-0.1, -0.05) is 38.1 Å². The van der Waals surface area contributed by atoms with E-state index in [1.165, 1.54) is 11.8 Å². The third kappa shape index (κ3) is 4.16. The van der Waals surface area contributed by atoms with E-state index in [9.17, 15) is 9.59 Å². The number of likely N-dealkylation sites (tertiary alicyclic amines) is 1. The Morgan fingerprint density at radius 3 is 2.40 bits per heavy atom. The number of benzene rings is 1. The molecule has 1 fully saturated rings. The van der Waals surface area contributed by atoms with E-state index in [1.54, 1.807) is 11.1 Å². The maximum Gasteiger partial charge on any atom is 0.257 e. The van der Waals surface area contributed by atoms with E-state index in [0.717, 1.165) is 24.8 Å². The first-order valence-electron chi connectivity index (χ1n) is 8.96. The Kier molecular flexibility index (Phi) is 5.31. The van der Waals surface area contributed by atoms with E-state index in [-0.39, 0.29) is 17.6 Å². The summed E-state index contributed by atoms with van der Waals surface area (Å²) in [6.07, 6.45) is 5.62. The smallest absolute Gasteiger partial charge is 0.257 e. The fourth-order valence-electron chi connectivity index (χ4n) is 3.41. The van der Waals surface area contributed by atoms with Gasteiger partial charge >= 0.3 is 0 Å². The first-order chi connectivity index (χ1) is 12.0. The highest BCUT2D eigenvalue weighted by molar-refractivity contribution is 5.98. The number of Topliss-reactive ketones (excluding diaryl/α,β-unsaturated/α-hetero) is 1. The molecule has 0 aliphatic carbocycles. The van der Waals surface area contributed by atoms with E-state index >= 15 is 0 Å². The van der Waals surface area contributed by atoms with Gasteiger partial charge < -0.3 is 4.90 Å². The maximum atomic E-state index is 12.7. The lowest BCUT2D eigenvalue weighted by atomic mass is 9.88. The average molecular weight is 339 g/mol. The second-order valence-electron chi connectivity index (χ2n) is 7.21. The zero-order chi connectivity index (χ0) is 17.8. The number of hydrogen-bond donors (Lipinski definition) is 1. The number of rotatable bonds is 5. The standard InChI is InChI=1S/C20H25N3O2/c1-14(2)11-15-3-5-16(6-4-15)19(24)17-7-9-23(10-8-17)20(25)18-12-21-22-13-18/h3-6,12-14,17H,7-11H2,1-2H3,(H,21,22). The molecule has 0 unspecified atom stereocenters. The molecule has 0 atom stereocenters. The Morgan fingerprint density at radius 2 is 1.84 bits per heavy atom. The lowest BCUT2D eigenvalue weighted by molar-refractivity contribution is 0.0650. The highest BCUT2D eigenvalue weighted by atomic mass is 16.2. The Hall–Kier alpha value is -2.43. The van der Waals surface area contributed by atoms with Crippen molar-refractivity contribution in [2.45, 2.75) is 33.1 Å². The Morgan fingerprint density at radius 1 is 1.16 bits per heavy atom. The van der Waals surface area contributed by atoms with Crippen molar-refractivity contribution in [3.05, 3.63) is 53.3 Å². The molecule has 3 rings (SSSR count). The van der Waals surface area contributed by atoms with Crippen molar-refractivity contribution in [1.29, 1.82) is 0 Å². The monoisotopic (exact) mass is 339 g/mol. The van der Waals surface area contributed by atoms with Crippen molar-refractivity contribution < 1.29 is 9.59 Å². The van der Waals surface area contributed by atoms with Crippen LogP contribution in [0.25, 0.3) is 0 Å². The highest BCUT2D eigenvalue weighted by Gasteiger charge is 2.28. The number of aromatic amines is 1. The molecule has 1 aliphatic rings. The third-order valence-corrected chi connectivity index (χ3v) is 4.78. The molecule has 2 heterocycles. The molecule has 2 aromatic rings. The van der Waals surface area contributed by atoms with Crippen molar-refractivity contribution in [2.75, 3.05) is 13.1 Å². The predicted molar refractivity (Wildman–Crippen MR) is 96.5 cm³/mol. The van der Waals surface area contributed by atoms with Crippen LogP contribution in [-0.4, -0.2) is 39.9 Å². The minimum Gasteiger partial charge on any atom is -0.339 e. The molecule has 0 bridgehead atoms. The highest BCUT2D eigenvalue weighted by Crippen LogP contribution is 2.23. The number of nitrogens with zero attached hydrogens (tertiary/aromatic N) is 2. The van der Waals surface area contributed by atoms with Crippen LogP contribution in [0.15, 0.2) is 36.7 Å². The molecular formula is C20H25N3O2. The number of piperidine rings is 1. The summed E-state index contributed by atoms with van der Waals surface area (Å²) in [6.45, 7) is 5.62. The average Bonchev–Trinajstić information content (AvgIpc) is 3.15. The molecule has 1 aliphatic heterocycles. The van der Waals surface area contributed by atoms with Crippen molar-refractivity contribution in [1.82, 2.24) is 15.1 Å². The van der Waals surface area contributed by atoms with Crippen LogP contribution in [0, 0.1) is 11.8 Å². The largest absolute Gasteiger partial charge is 0.339 e. The number of amides is 1. The minimum absolute atomic E-state index is 0.00403. The van der Waals surface area contributed by atoms with Crippen LogP contribution in [0.2, 0.25) is 0 Å². The first-order valence-corrected chi connectivity index (χ1v) is 8.96. The normalized spacial score (nSPS) is 15.6.